The van der Waals surface area contributed by atoms with Crippen molar-refractivity contribution in [2.24, 2.45) is 0 Å². The van der Waals surface area contributed by atoms with E-state index >= 15 is 0 Å². The number of nitrogens with zero attached hydrogens (tertiary/aromatic N) is 1. The first-order valence-corrected chi connectivity index (χ1v) is 12.3. The number of hydrogen-bond donors (Lipinski definition) is 0. The van der Waals surface area contributed by atoms with Crippen molar-refractivity contribution in [1.82, 2.24) is 4.31 Å². The maximum atomic E-state index is 13.3. The second-order valence-electron chi connectivity index (χ2n) is 8.47. The Bertz CT molecular complexity index is 1340. The zero-order chi connectivity index (χ0) is 23.2. The van der Waals surface area contributed by atoms with Gasteiger partial charge in [0.05, 0.1) is 31.1 Å². The van der Waals surface area contributed by atoms with E-state index in [1.807, 2.05) is 36.4 Å². The summed E-state index contributed by atoms with van der Waals surface area (Å²) in [5.74, 6) is 1.46. The van der Waals surface area contributed by atoms with Gasteiger partial charge in [-0.05, 0) is 29.0 Å². The Labute approximate surface area is 192 Å². The first-order valence-electron chi connectivity index (χ1n) is 10.8. The van der Waals surface area contributed by atoms with Crippen LogP contribution in [0.25, 0.3) is 10.8 Å². The van der Waals surface area contributed by atoms with Crippen molar-refractivity contribution < 1.29 is 27.4 Å². The molecule has 1 fully saturated rings. The van der Waals surface area contributed by atoms with Crippen LogP contribution in [0.4, 0.5) is 0 Å². The largest absolute Gasteiger partial charge is 0.493 e. The van der Waals surface area contributed by atoms with Crippen molar-refractivity contribution in [2.45, 2.75) is 29.8 Å². The van der Waals surface area contributed by atoms with Crippen LogP contribution in [0.3, 0.4) is 0 Å². The molecule has 0 aromatic heterocycles. The monoisotopic (exact) mass is 467 g/mol. The summed E-state index contributed by atoms with van der Waals surface area (Å²) in [5, 5.41) is 1.89. The van der Waals surface area contributed by atoms with Crippen LogP contribution >= 0.6 is 0 Å². The molecular weight excluding hydrogens is 442 g/mol. The predicted octanol–water partition coefficient (Wildman–Crippen LogP) is 4.05. The van der Waals surface area contributed by atoms with Crippen molar-refractivity contribution >= 4 is 26.6 Å². The van der Waals surface area contributed by atoms with Crippen LogP contribution in [0.1, 0.15) is 29.6 Å². The van der Waals surface area contributed by atoms with E-state index in [-0.39, 0.29) is 30.2 Å². The highest BCUT2D eigenvalue weighted by Crippen LogP contribution is 2.43. The molecule has 0 aliphatic carbocycles. The van der Waals surface area contributed by atoms with Gasteiger partial charge in [-0.3, -0.25) is 4.79 Å². The van der Waals surface area contributed by atoms with E-state index in [4.69, 9.17) is 14.2 Å². The molecule has 0 amide bonds. The van der Waals surface area contributed by atoms with E-state index in [1.54, 1.807) is 6.07 Å². The highest BCUT2D eigenvalue weighted by atomic mass is 32.2. The number of ketones is 1. The van der Waals surface area contributed by atoms with Gasteiger partial charge in [0.25, 0.3) is 0 Å². The van der Waals surface area contributed by atoms with Crippen LogP contribution in [-0.4, -0.2) is 51.4 Å². The summed E-state index contributed by atoms with van der Waals surface area (Å²) in [6.45, 7) is 0.541. The number of carbonyl (C=O) groups is 1. The Morgan fingerprint density at radius 3 is 2.39 bits per heavy atom. The molecule has 1 spiro atoms. The molecule has 0 atom stereocenters. The highest BCUT2D eigenvalue weighted by molar-refractivity contribution is 7.89. The van der Waals surface area contributed by atoms with E-state index in [0.29, 0.717) is 35.7 Å². The van der Waals surface area contributed by atoms with Gasteiger partial charge in [0.1, 0.15) is 11.4 Å². The van der Waals surface area contributed by atoms with Crippen LogP contribution in [-0.2, 0) is 10.0 Å². The van der Waals surface area contributed by atoms with Gasteiger partial charge in [0, 0.05) is 32.0 Å². The standard InChI is InChI=1S/C25H25NO6S/c1-30-21-10-8-18(15-23(21)31-2)33(28,29)26-13-11-25(12-14-26)16-20(27)24-19-6-4-3-5-17(19)7-9-22(24)32-25/h3-10,15H,11-14,16H2,1-2H3. The molecule has 0 N–H and O–H groups in total. The fourth-order valence-electron chi connectivity index (χ4n) is 4.81. The molecule has 0 saturated carbocycles. The lowest BCUT2D eigenvalue weighted by atomic mass is 9.82. The molecule has 5 rings (SSSR count). The van der Waals surface area contributed by atoms with Crippen molar-refractivity contribution in [3.8, 4) is 17.2 Å². The third-order valence-corrected chi connectivity index (χ3v) is 8.50. The van der Waals surface area contributed by atoms with Crippen LogP contribution < -0.4 is 14.2 Å². The molecule has 33 heavy (non-hydrogen) atoms. The van der Waals surface area contributed by atoms with Gasteiger partial charge in [0.15, 0.2) is 17.3 Å². The number of sulfonamides is 1. The number of ether oxygens (including phenoxy) is 3. The smallest absolute Gasteiger partial charge is 0.243 e. The molecule has 2 aliphatic heterocycles. The number of piperidine rings is 1. The lowest BCUT2D eigenvalue weighted by Gasteiger charge is -2.43. The number of fused-ring (bicyclic) bond motifs is 3. The van der Waals surface area contributed by atoms with E-state index in [0.717, 1.165) is 10.8 Å². The van der Waals surface area contributed by atoms with Gasteiger partial charge in [-0.25, -0.2) is 8.42 Å². The summed E-state index contributed by atoms with van der Waals surface area (Å²) in [7, 11) is -0.748. The van der Waals surface area contributed by atoms with Crippen molar-refractivity contribution in [1.29, 1.82) is 0 Å². The predicted molar refractivity (Wildman–Crippen MR) is 124 cm³/mol. The minimum absolute atomic E-state index is 0.0456. The van der Waals surface area contributed by atoms with Gasteiger partial charge in [-0.1, -0.05) is 30.3 Å². The molecule has 8 heteroatoms. The summed E-state index contributed by atoms with van der Waals surface area (Å²) in [4.78, 5) is 13.3. The zero-order valence-corrected chi connectivity index (χ0v) is 19.4. The Morgan fingerprint density at radius 1 is 0.939 bits per heavy atom. The summed E-state index contributed by atoms with van der Waals surface area (Å²) in [6.07, 6.45) is 1.13. The summed E-state index contributed by atoms with van der Waals surface area (Å²) in [6, 6.07) is 16.2. The topological polar surface area (TPSA) is 82.1 Å². The Hall–Kier alpha value is -3.10. The molecule has 0 bridgehead atoms. The molecule has 3 aromatic rings. The van der Waals surface area contributed by atoms with Crippen LogP contribution in [0.5, 0.6) is 17.2 Å². The molecule has 0 unspecified atom stereocenters. The van der Waals surface area contributed by atoms with Crippen molar-refractivity contribution in [3.63, 3.8) is 0 Å². The summed E-state index contributed by atoms with van der Waals surface area (Å²) < 4.78 is 44.8. The second-order valence-corrected chi connectivity index (χ2v) is 10.4. The molecule has 1 saturated heterocycles. The maximum absolute atomic E-state index is 13.3. The number of benzene rings is 3. The average Bonchev–Trinajstić information content (AvgIpc) is 2.83. The fourth-order valence-corrected chi connectivity index (χ4v) is 6.27. The number of rotatable bonds is 4. The second kappa shape index (κ2) is 8.04. The third kappa shape index (κ3) is 3.63. The van der Waals surface area contributed by atoms with Crippen LogP contribution in [0.15, 0.2) is 59.5 Å². The minimum atomic E-state index is -3.72. The van der Waals surface area contributed by atoms with Gasteiger partial charge >= 0.3 is 0 Å². The van der Waals surface area contributed by atoms with Gasteiger partial charge in [-0.15, -0.1) is 0 Å². The molecule has 2 heterocycles. The SMILES string of the molecule is COc1ccc(S(=O)(=O)N2CCC3(CC2)CC(=O)c2c(ccc4ccccc24)O3)cc1OC. The molecule has 7 nitrogen and oxygen atoms in total. The van der Waals surface area contributed by atoms with Gasteiger partial charge < -0.3 is 14.2 Å². The van der Waals surface area contributed by atoms with E-state index in [9.17, 15) is 13.2 Å². The summed E-state index contributed by atoms with van der Waals surface area (Å²) in [5.41, 5.74) is -0.0602. The number of hydrogen-bond acceptors (Lipinski definition) is 6. The number of carbonyl (C=O) groups excluding carboxylic acids is 1. The average molecular weight is 468 g/mol. The maximum Gasteiger partial charge on any atom is 0.243 e. The zero-order valence-electron chi connectivity index (χ0n) is 18.5. The molecule has 0 radical (unpaired) electrons. The molecule has 3 aromatic carbocycles. The Morgan fingerprint density at radius 2 is 1.67 bits per heavy atom. The van der Waals surface area contributed by atoms with E-state index in [1.165, 1.54) is 30.7 Å². The van der Waals surface area contributed by atoms with Crippen molar-refractivity contribution in [2.75, 3.05) is 27.3 Å². The van der Waals surface area contributed by atoms with E-state index < -0.39 is 15.6 Å². The van der Waals surface area contributed by atoms with Crippen molar-refractivity contribution in [3.05, 3.63) is 60.2 Å². The van der Waals surface area contributed by atoms with E-state index in [2.05, 4.69) is 0 Å². The van der Waals surface area contributed by atoms with Gasteiger partial charge in [0.2, 0.25) is 10.0 Å². The molecule has 172 valence electrons. The first kappa shape index (κ1) is 21.7. The minimum Gasteiger partial charge on any atom is -0.493 e. The lowest BCUT2D eigenvalue weighted by Crippen LogP contribution is -2.52. The Balaban J connectivity index is 1.38. The number of methoxy groups -OCH3 is 2. The third-order valence-electron chi connectivity index (χ3n) is 6.61. The normalized spacial score (nSPS) is 18.1. The number of Topliss-reactive ketones (excluding diaryl/α,β-unsaturated/α-hetero) is 1. The lowest BCUT2D eigenvalue weighted by molar-refractivity contribution is 0.00621. The quantitative estimate of drug-likeness (QED) is 0.576. The Kier molecular flexibility index (Phi) is 5.29. The molecular formula is C25H25NO6S. The first-order chi connectivity index (χ1) is 15.9. The summed E-state index contributed by atoms with van der Waals surface area (Å²) >= 11 is 0. The van der Waals surface area contributed by atoms with Gasteiger partial charge in [-0.2, -0.15) is 4.31 Å². The van der Waals surface area contributed by atoms with Crippen LogP contribution in [0.2, 0.25) is 0 Å². The van der Waals surface area contributed by atoms with Crippen LogP contribution in [0, 0.1) is 0 Å². The molecule has 2 aliphatic rings. The fraction of sp³-hybridized carbons (Fsp3) is 0.320. The highest BCUT2D eigenvalue weighted by Gasteiger charge is 2.45.